The number of hydrogen-bond donors (Lipinski definition) is 0. The van der Waals surface area contributed by atoms with Gasteiger partial charge in [0.05, 0.1) is 22.1 Å². The summed E-state index contributed by atoms with van der Waals surface area (Å²) in [5.74, 6) is 0. The second-order valence-corrected chi connectivity index (χ2v) is 16.1. The van der Waals surface area contributed by atoms with E-state index in [0.29, 0.717) is 0 Å². The summed E-state index contributed by atoms with van der Waals surface area (Å²) in [6.45, 7) is 0. The fourth-order valence-corrected chi connectivity index (χ4v) is 10.1. The van der Waals surface area contributed by atoms with Gasteiger partial charge in [-0.25, -0.2) is 0 Å². The van der Waals surface area contributed by atoms with Gasteiger partial charge in [0, 0.05) is 53.1 Å². The maximum absolute atomic E-state index is 2.43. The van der Waals surface area contributed by atoms with Gasteiger partial charge in [-0.3, -0.25) is 0 Å². The summed E-state index contributed by atoms with van der Waals surface area (Å²) < 4.78 is 7.41. The first-order valence-electron chi connectivity index (χ1n) is 19.5. The predicted molar refractivity (Wildman–Crippen MR) is 246 cm³/mol. The van der Waals surface area contributed by atoms with E-state index in [-0.39, 0.29) is 0 Å². The molecule has 9 aromatic carbocycles. The normalized spacial score (nSPS) is 12.1. The van der Waals surface area contributed by atoms with Crippen LogP contribution < -0.4 is 0 Å². The largest absolute Gasteiger partial charge is 0.309 e. The van der Waals surface area contributed by atoms with Crippen LogP contribution >= 0.6 is 11.3 Å². The van der Waals surface area contributed by atoms with Crippen LogP contribution in [0.4, 0.5) is 0 Å². The van der Waals surface area contributed by atoms with Crippen LogP contribution in [0.15, 0.2) is 194 Å². The number of aromatic nitrogens is 2. The Morgan fingerprint density at radius 1 is 0.316 bits per heavy atom. The van der Waals surface area contributed by atoms with Gasteiger partial charge in [0.25, 0.3) is 0 Å². The summed E-state index contributed by atoms with van der Waals surface area (Å²) in [6, 6.07) is 71.2. The molecule has 0 fully saturated rings. The third-order valence-electron chi connectivity index (χ3n) is 11.7. The first-order chi connectivity index (χ1) is 28.2. The summed E-state index contributed by atoms with van der Waals surface area (Å²) in [7, 11) is 0. The van der Waals surface area contributed by atoms with Gasteiger partial charge >= 0.3 is 0 Å². The number of nitrogens with zero attached hydrogens (tertiary/aromatic N) is 2. The molecule has 0 saturated carbocycles. The zero-order chi connectivity index (χ0) is 37.5. The molecule has 0 aliphatic heterocycles. The lowest BCUT2D eigenvalue weighted by Crippen LogP contribution is -1.94. The van der Waals surface area contributed by atoms with Crippen molar-refractivity contribution in [2.45, 2.75) is 0 Å². The number of rotatable bonds is 5. The SMILES string of the molecule is C(=C\c1ccc2c3ccccc3n(-c3ccccc3)c2c1)/c1ccc2c(c1)sc1ccc(-c3ccc4c5ccccc5n(-c5ccc6ccccc6c5)c4c3)cc12. The molecule has 2 nitrogen and oxygen atoms in total. The van der Waals surface area contributed by atoms with E-state index in [2.05, 4.69) is 215 Å². The van der Waals surface area contributed by atoms with Crippen molar-refractivity contribution >= 4 is 98.0 Å². The molecule has 0 saturated heterocycles. The van der Waals surface area contributed by atoms with Crippen LogP contribution in [0.25, 0.3) is 109 Å². The first-order valence-corrected chi connectivity index (χ1v) is 20.3. The lowest BCUT2D eigenvalue weighted by atomic mass is 10.0. The molecule has 0 aliphatic carbocycles. The van der Waals surface area contributed by atoms with E-state index in [1.807, 2.05) is 11.3 Å². The number of para-hydroxylation sites is 3. The van der Waals surface area contributed by atoms with Gasteiger partial charge in [-0.15, -0.1) is 11.3 Å². The maximum atomic E-state index is 2.43. The third-order valence-corrected chi connectivity index (χ3v) is 12.8. The summed E-state index contributed by atoms with van der Waals surface area (Å²) in [4.78, 5) is 0. The van der Waals surface area contributed by atoms with Gasteiger partial charge < -0.3 is 9.13 Å². The average molecular weight is 743 g/mol. The van der Waals surface area contributed by atoms with Gasteiger partial charge in [-0.2, -0.15) is 0 Å². The van der Waals surface area contributed by atoms with Crippen molar-refractivity contribution in [1.29, 1.82) is 0 Å². The second kappa shape index (κ2) is 12.7. The quantitative estimate of drug-likeness (QED) is 0.155. The minimum atomic E-state index is 1.17. The van der Waals surface area contributed by atoms with Gasteiger partial charge in [0.2, 0.25) is 0 Å². The van der Waals surface area contributed by atoms with Crippen molar-refractivity contribution in [2.75, 3.05) is 0 Å². The summed E-state index contributed by atoms with van der Waals surface area (Å²) in [5.41, 5.74) is 12.1. The molecule has 3 aromatic heterocycles. The summed E-state index contributed by atoms with van der Waals surface area (Å²) in [5, 5.41) is 10.2. The van der Waals surface area contributed by atoms with Gasteiger partial charge in [0.15, 0.2) is 0 Å². The molecule has 0 atom stereocenters. The standard InChI is InChI=1S/C54H34N2S/c1-2-12-41(13-3-1)55-49-16-8-6-14-43(49)45-26-20-35(30-51(45)55)18-19-36-21-27-47-48-33-39(24-29-53(48)57-54(47)31-36)40-23-28-46-44-15-7-9-17-50(44)56(52(46)34-40)42-25-22-37-10-4-5-11-38(37)32-42/h1-34H/b19-18+. The number of benzene rings is 9. The molecule has 12 aromatic rings. The molecule has 12 rings (SSSR count). The summed E-state index contributed by atoms with van der Waals surface area (Å²) in [6.07, 6.45) is 4.49. The topological polar surface area (TPSA) is 9.86 Å². The smallest absolute Gasteiger partial charge is 0.0547 e. The molecule has 57 heavy (non-hydrogen) atoms. The molecule has 0 N–H and O–H groups in total. The predicted octanol–water partition coefficient (Wildman–Crippen LogP) is 15.2. The minimum Gasteiger partial charge on any atom is -0.309 e. The molecule has 0 aliphatic rings. The van der Waals surface area contributed by atoms with Crippen molar-refractivity contribution in [3.05, 3.63) is 205 Å². The van der Waals surface area contributed by atoms with Gasteiger partial charge in [0.1, 0.15) is 0 Å². The Balaban J connectivity index is 0.912. The highest BCUT2D eigenvalue weighted by molar-refractivity contribution is 7.25. The molecular weight excluding hydrogens is 709 g/mol. The Kier molecular flexibility index (Phi) is 7.13. The third kappa shape index (κ3) is 5.17. The lowest BCUT2D eigenvalue weighted by molar-refractivity contribution is 1.18. The zero-order valence-corrected chi connectivity index (χ0v) is 31.7. The molecule has 0 spiro atoms. The van der Waals surface area contributed by atoms with E-state index in [0.717, 1.165) is 0 Å². The van der Waals surface area contributed by atoms with E-state index >= 15 is 0 Å². The van der Waals surface area contributed by atoms with Crippen LogP contribution in [-0.4, -0.2) is 9.13 Å². The molecule has 3 heterocycles. The lowest BCUT2D eigenvalue weighted by Gasteiger charge is -2.10. The van der Waals surface area contributed by atoms with Crippen LogP contribution in [0.2, 0.25) is 0 Å². The van der Waals surface area contributed by atoms with Crippen molar-refractivity contribution in [3.63, 3.8) is 0 Å². The van der Waals surface area contributed by atoms with E-state index in [1.54, 1.807) is 0 Å². The minimum absolute atomic E-state index is 1.17. The highest BCUT2D eigenvalue weighted by Crippen LogP contribution is 2.40. The van der Waals surface area contributed by atoms with E-state index < -0.39 is 0 Å². The molecule has 0 radical (unpaired) electrons. The zero-order valence-electron chi connectivity index (χ0n) is 30.9. The first kappa shape index (κ1) is 32.1. The fourth-order valence-electron chi connectivity index (χ4n) is 8.96. The van der Waals surface area contributed by atoms with Crippen LogP contribution in [-0.2, 0) is 0 Å². The number of fused-ring (bicyclic) bond motifs is 10. The molecular formula is C54H34N2S. The Bertz CT molecular complexity index is 3580. The fraction of sp³-hybridized carbons (Fsp3) is 0. The highest BCUT2D eigenvalue weighted by atomic mass is 32.1. The van der Waals surface area contributed by atoms with Crippen LogP contribution in [0.3, 0.4) is 0 Å². The van der Waals surface area contributed by atoms with E-state index in [1.165, 1.54) is 108 Å². The van der Waals surface area contributed by atoms with Crippen molar-refractivity contribution < 1.29 is 0 Å². The van der Waals surface area contributed by atoms with Gasteiger partial charge in [-0.05, 0) is 99.8 Å². The van der Waals surface area contributed by atoms with E-state index in [4.69, 9.17) is 0 Å². The molecule has 0 bridgehead atoms. The molecule has 0 amide bonds. The van der Waals surface area contributed by atoms with Crippen LogP contribution in [0, 0.1) is 0 Å². The molecule has 3 heteroatoms. The van der Waals surface area contributed by atoms with Crippen LogP contribution in [0.1, 0.15) is 11.1 Å². The van der Waals surface area contributed by atoms with Crippen molar-refractivity contribution in [1.82, 2.24) is 9.13 Å². The second-order valence-electron chi connectivity index (χ2n) is 15.0. The number of thiophene rings is 1. The maximum Gasteiger partial charge on any atom is 0.0547 e. The van der Waals surface area contributed by atoms with Crippen molar-refractivity contribution in [2.24, 2.45) is 0 Å². The molecule has 266 valence electrons. The van der Waals surface area contributed by atoms with Crippen molar-refractivity contribution in [3.8, 4) is 22.5 Å². The van der Waals surface area contributed by atoms with E-state index in [9.17, 15) is 0 Å². The van der Waals surface area contributed by atoms with Gasteiger partial charge in [-0.1, -0.05) is 140 Å². The Hall–Kier alpha value is -7.20. The Morgan fingerprint density at radius 3 is 1.68 bits per heavy atom. The van der Waals surface area contributed by atoms with Crippen LogP contribution in [0.5, 0.6) is 0 Å². The number of hydrogen-bond acceptors (Lipinski definition) is 1. The molecule has 0 unspecified atom stereocenters. The highest BCUT2D eigenvalue weighted by Gasteiger charge is 2.15. The summed E-state index contributed by atoms with van der Waals surface area (Å²) >= 11 is 1.87. The monoisotopic (exact) mass is 742 g/mol. The Morgan fingerprint density at radius 2 is 0.895 bits per heavy atom. The Labute approximate surface area is 333 Å². The average Bonchev–Trinajstić information content (AvgIpc) is 3.92.